The van der Waals surface area contributed by atoms with Crippen LogP contribution in [0.1, 0.15) is 24.0 Å². The molecule has 0 radical (unpaired) electrons. The van der Waals surface area contributed by atoms with E-state index in [4.69, 9.17) is 16.0 Å². The van der Waals surface area contributed by atoms with Gasteiger partial charge in [-0.15, -0.1) is 11.6 Å². The molecule has 0 N–H and O–H groups in total. The largest absolute Gasteiger partial charge is 0.465 e. The van der Waals surface area contributed by atoms with Gasteiger partial charge in [-0.25, -0.2) is 8.42 Å². The molecule has 0 bridgehead atoms. The monoisotopic (exact) mass is 323 g/mol. The van der Waals surface area contributed by atoms with Gasteiger partial charge in [-0.1, -0.05) is 0 Å². The van der Waals surface area contributed by atoms with Crippen molar-refractivity contribution in [2.45, 2.75) is 37.6 Å². The zero-order valence-corrected chi connectivity index (χ0v) is 13.7. The number of furan rings is 1. The molecule has 0 saturated carbocycles. The first-order valence-corrected chi connectivity index (χ1v) is 9.27. The first-order valence-electron chi connectivity index (χ1n) is 6.14. The molecule has 0 amide bonds. The number of hydrogen-bond donors (Lipinski definition) is 0. The number of halogens is 1. The van der Waals surface area contributed by atoms with Crippen molar-refractivity contribution >= 4 is 33.4 Å². The molecule has 7 heteroatoms. The third-order valence-electron chi connectivity index (χ3n) is 3.33. The van der Waals surface area contributed by atoms with E-state index in [1.54, 1.807) is 29.9 Å². The summed E-state index contributed by atoms with van der Waals surface area (Å²) < 4.78 is 32.6. The second kappa shape index (κ2) is 5.68. The van der Waals surface area contributed by atoms with Crippen LogP contribution in [0.25, 0.3) is 0 Å². The minimum atomic E-state index is -3.52. The van der Waals surface area contributed by atoms with Gasteiger partial charge in [0.25, 0.3) is 0 Å². The predicted octanol–water partition coefficient (Wildman–Crippen LogP) is 2.76. The van der Waals surface area contributed by atoms with E-state index < -0.39 is 10.0 Å². The molecule has 19 heavy (non-hydrogen) atoms. The van der Waals surface area contributed by atoms with Crippen LogP contribution >= 0.6 is 23.4 Å². The van der Waals surface area contributed by atoms with Crippen molar-refractivity contribution in [2.75, 3.05) is 18.1 Å². The summed E-state index contributed by atoms with van der Waals surface area (Å²) in [4.78, 5) is 0.263. The van der Waals surface area contributed by atoms with Crippen molar-refractivity contribution in [2.24, 2.45) is 0 Å². The second-order valence-corrected chi connectivity index (χ2v) is 7.94. The Morgan fingerprint density at radius 2 is 2.11 bits per heavy atom. The van der Waals surface area contributed by atoms with Crippen LogP contribution in [0.15, 0.2) is 9.31 Å². The molecular weight excluding hydrogens is 306 g/mol. The van der Waals surface area contributed by atoms with Gasteiger partial charge in [0.05, 0.1) is 5.88 Å². The Morgan fingerprint density at radius 1 is 1.42 bits per heavy atom. The molecule has 1 aromatic heterocycles. The lowest BCUT2D eigenvalue weighted by molar-refractivity contribution is 0.366. The van der Waals surface area contributed by atoms with Crippen molar-refractivity contribution in [1.29, 1.82) is 0 Å². The molecule has 1 atom stereocenters. The fourth-order valence-electron chi connectivity index (χ4n) is 2.39. The van der Waals surface area contributed by atoms with Gasteiger partial charge in [0.15, 0.2) is 0 Å². The van der Waals surface area contributed by atoms with Crippen molar-refractivity contribution < 1.29 is 12.8 Å². The average molecular weight is 324 g/mol. The molecule has 2 rings (SSSR count). The smallest absolute Gasteiger partial charge is 0.247 e. The molecule has 1 unspecified atom stereocenters. The molecule has 0 aliphatic carbocycles. The van der Waals surface area contributed by atoms with Gasteiger partial charge < -0.3 is 4.42 Å². The van der Waals surface area contributed by atoms with E-state index in [9.17, 15) is 8.42 Å². The van der Waals surface area contributed by atoms with E-state index in [0.29, 0.717) is 23.6 Å². The Kier molecular flexibility index (Phi) is 4.55. The van der Waals surface area contributed by atoms with Gasteiger partial charge in [-0.3, -0.25) is 0 Å². The van der Waals surface area contributed by atoms with Crippen LogP contribution in [0.4, 0.5) is 0 Å². The van der Waals surface area contributed by atoms with Crippen LogP contribution in [-0.4, -0.2) is 36.8 Å². The van der Waals surface area contributed by atoms with Crippen LogP contribution in [0.5, 0.6) is 0 Å². The molecule has 1 aliphatic rings. The van der Waals surface area contributed by atoms with E-state index in [2.05, 4.69) is 0 Å². The third kappa shape index (κ3) is 2.68. The summed E-state index contributed by atoms with van der Waals surface area (Å²) in [5.41, 5.74) is 0.588. The molecule has 0 spiro atoms. The highest BCUT2D eigenvalue weighted by molar-refractivity contribution is 7.99. The van der Waals surface area contributed by atoms with Crippen LogP contribution in [-0.2, 0) is 15.9 Å². The van der Waals surface area contributed by atoms with E-state index in [-0.39, 0.29) is 16.8 Å². The lowest BCUT2D eigenvalue weighted by Crippen LogP contribution is -2.44. The lowest BCUT2D eigenvalue weighted by atomic mass is 10.3. The summed E-state index contributed by atoms with van der Waals surface area (Å²) >= 11 is 7.67. The molecule has 0 aromatic carbocycles. The maximum Gasteiger partial charge on any atom is 0.247 e. The van der Waals surface area contributed by atoms with Gasteiger partial charge in [-0.05, 0) is 20.8 Å². The van der Waals surface area contributed by atoms with Crippen molar-refractivity contribution in [3.8, 4) is 0 Å². The fourth-order valence-corrected chi connectivity index (χ4v) is 6.06. The molecular formula is C12H18ClNO3S2. The minimum absolute atomic E-state index is 0.00142. The molecule has 1 aliphatic heterocycles. The highest BCUT2D eigenvalue weighted by atomic mass is 35.5. The summed E-state index contributed by atoms with van der Waals surface area (Å²) in [5.74, 6) is 2.82. The normalized spacial score (nSPS) is 21.8. The van der Waals surface area contributed by atoms with Crippen LogP contribution in [0.3, 0.4) is 0 Å². The molecule has 4 nitrogen and oxygen atoms in total. The highest BCUT2D eigenvalue weighted by Gasteiger charge is 2.36. The maximum absolute atomic E-state index is 12.8. The number of aryl methyl sites for hydroxylation is 2. The topological polar surface area (TPSA) is 50.5 Å². The van der Waals surface area contributed by atoms with Gasteiger partial charge >= 0.3 is 0 Å². The molecule has 1 aromatic rings. The van der Waals surface area contributed by atoms with Gasteiger partial charge in [0, 0.05) is 29.7 Å². The Morgan fingerprint density at radius 3 is 2.68 bits per heavy atom. The number of alkyl halides is 1. The number of sulfonamides is 1. The predicted molar refractivity (Wildman–Crippen MR) is 78.4 cm³/mol. The first kappa shape index (κ1) is 15.2. The number of thioether (sulfide) groups is 1. The van der Waals surface area contributed by atoms with E-state index in [0.717, 1.165) is 11.5 Å². The van der Waals surface area contributed by atoms with E-state index in [1.807, 2.05) is 6.92 Å². The van der Waals surface area contributed by atoms with Crippen molar-refractivity contribution in [1.82, 2.24) is 4.31 Å². The summed E-state index contributed by atoms with van der Waals surface area (Å²) in [6.07, 6.45) is 0. The van der Waals surface area contributed by atoms with Crippen molar-refractivity contribution in [3.05, 3.63) is 17.1 Å². The quantitative estimate of drug-likeness (QED) is 0.803. The summed E-state index contributed by atoms with van der Waals surface area (Å²) in [7, 11) is -3.52. The highest BCUT2D eigenvalue weighted by Crippen LogP contribution is 2.32. The number of hydrogen-bond acceptors (Lipinski definition) is 4. The van der Waals surface area contributed by atoms with Gasteiger partial charge in [-0.2, -0.15) is 16.1 Å². The van der Waals surface area contributed by atoms with E-state index >= 15 is 0 Å². The number of nitrogens with zero attached hydrogens (tertiary/aromatic N) is 1. The Balaban J connectivity index is 2.50. The molecule has 1 saturated heterocycles. The standard InChI is InChI=1S/C12H18ClNO3S2/c1-8-7-18-5-4-14(8)19(15,16)12-10(3)17-9(2)11(12)6-13/h8H,4-7H2,1-3H3. The summed E-state index contributed by atoms with van der Waals surface area (Å²) in [6, 6.07) is 0.00142. The van der Waals surface area contributed by atoms with Crippen LogP contribution < -0.4 is 0 Å². The first-order chi connectivity index (χ1) is 8.89. The van der Waals surface area contributed by atoms with Crippen LogP contribution in [0.2, 0.25) is 0 Å². The Labute approximate surface area is 123 Å². The summed E-state index contributed by atoms with van der Waals surface area (Å²) in [6.45, 7) is 5.91. The fraction of sp³-hybridized carbons (Fsp3) is 0.667. The molecule has 2 heterocycles. The Hall–Kier alpha value is -0.170. The van der Waals surface area contributed by atoms with Gasteiger partial charge in [0.2, 0.25) is 10.0 Å². The summed E-state index contributed by atoms with van der Waals surface area (Å²) in [5, 5.41) is 0. The SMILES string of the molecule is Cc1oc(C)c(S(=O)(=O)N2CCSCC2C)c1CCl. The van der Waals surface area contributed by atoms with Gasteiger partial charge in [0.1, 0.15) is 16.4 Å². The maximum atomic E-state index is 12.8. The third-order valence-corrected chi connectivity index (χ3v) is 7.00. The van der Waals surface area contributed by atoms with E-state index in [1.165, 1.54) is 0 Å². The minimum Gasteiger partial charge on any atom is -0.465 e. The molecule has 108 valence electrons. The second-order valence-electron chi connectivity index (χ2n) is 4.70. The average Bonchev–Trinajstić information content (AvgIpc) is 2.64. The van der Waals surface area contributed by atoms with Crippen LogP contribution in [0, 0.1) is 13.8 Å². The zero-order chi connectivity index (χ0) is 14.2. The Bertz CT molecular complexity index is 568. The zero-order valence-electron chi connectivity index (χ0n) is 11.3. The van der Waals surface area contributed by atoms with Crippen molar-refractivity contribution in [3.63, 3.8) is 0 Å². The number of rotatable bonds is 3. The lowest BCUT2D eigenvalue weighted by Gasteiger charge is -2.32. The molecule has 1 fully saturated rings.